The van der Waals surface area contributed by atoms with E-state index in [1.807, 2.05) is 36.4 Å². The van der Waals surface area contributed by atoms with Crippen molar-refractivity contribution in [3.05, 3.63) is 93.3 Å². The minimum absolute atomic E-state index is 0.302. The highest BCUT2D eigenvalue weighted by atomic mass is 79.9. The smallest absolute Gasteiger partial charge is 0.151 e. The van der Waals surface area contributed by atoms with Crippen molar-refractivity contribution in [3.63, 3.8) is 0 Å². The van der Waals surface area contributed by atoms with Gasteiger partial charge in [-0.05, 0) is 66.3 Å². The topological polar surface area (TPSA) is 38.1 Å². The third-order valence-electron chi connectivity index (χ3n) is 6.46. The van der Waals surface area contributed by atoms with E-state index in [2.05, 4.69) is 38.8 Å². The van der Waals surface area contributed by atoms with Gasteiger partial charge in [-0.1, -0.05) is 52.7 Å². The summed E-state index contributed by atoms with van der Waals surface area (Å²) in [5.74, 6) is 3.08. The maximum absolute atomic E-state index is 13.4. The zero-order valence-electron chi connectivity index (χ0n) is 18.5. The lowest BCUT2D eigenvalue weighted by Gasteiger charge is -2.26. The summed E-state index contributed by atoms with van der Waals surface area (Å²) >= 11 is 9.98. The van der Waals surface area contributed by atoms with Crippen LogP contribution in [0, 0.1) is 17.7 Å². The molecule has 2 atom stereocenters. The monoisotopic (exact) mass is 537 g/mol. The first-order valence-electron chi connectivity index (χ1n) is 11.1. The third kappa shape index (κ3) is 4.54. The SMILES string of the molecule is C[C@@H]1CC1CN(Cc1ccc(Br)cc1Cl)C(=C=O)c1cccc2c1cnn2-c1ccc(F)cc1. The number of fused-ring (bicyclic) bond motifs is 1. The summed E-state index contributed by atoms with van der Waals surface area (Å²) in [5, 5.41) is 6.01. The van der Waals surface area contributed by atoms with Gasteiger partial charge in [-0.25, -0.2) is 13.9 Å². The molecule has 1 fully saturated rings. The van der Waals surface area contributed by atoms with E-state index >= 15 is 0 Å². The first-order chi connectivity index (χ1) is 16.4. The predicted octanol–water partition coefficient (Wildman–Crippen LogP) is 6.91. The maximum atomic E-state index is 13.4. The lowest BCUT2D eigenvalue weighted by molar-refractivity contribution is 0.366. The van der Waals surface area contributed by atoms with Gasteiger partial charge in [0, 0.05) is 33.5 Å². The van der Waals surface area contributed by atoms with E-state index in [1.54, 1.807) is 23.0 Å². The van der Waals surface area contributed by atoms with E-state index in [0.717, 1.165) is 45.2 Å². The molecule has 0 saturated heterocycles. The van der Waals surface area contributed by atoms with Crippen LogP contribution in [0.1, 0.15) is 24.5 Å². The molecule has 0 spiro atoms. The Kier molecular flexibility index (Phi) is 6.30. The van der Waals surface area contributed by atoms with Crippen LogP contribution >= 0.6 is 27.5 Å². The number of benzene rings is 3. The average molecular weight is 539 g/mol. The number of hydrogen-bond donors (Lipinski definition) is 0. The molecule has 7 heteroatoms. The molecule has 0 amide bonds. The normalized spacial score (nSPS) is 16.9. The number of nitrogens with zero attached hydrogens (tertiary/aromatic N) is 3. The molecule has 0 N–H and O–H groups in total. The first-order valence-corrected chi connectivity index (χ1v) is 12.3. The highest BCUT2D eigenvalue weighted by molar-refractivity contribution is 9.10. The summed E-state index contributed by atoms with van der Waals surface area (Å²) in [4.78, 5) is 14.5. The Labute approximate surface area is 210 Å². The quantitative estimate of drug-likeness (QED) is 0.240. The first kappa shape index (κ1) is 22.9. The number of halogens is 3. The summed E-state index contributed by atoms with van der Waals surface area (Å²) in [5.41, 5.74) is 3.78. The van der Waals surface area contributed by atoms with E-state index in [9.17, 15) is 9.18 Å². The highest BCUT2D eigenvalue weighted by Crippen LogP contribution is 2.40. The van der Waals surface area contributed by atoms with Gasteiger partial charge in [0.2, 0.25) is 0 Å². The Balaban J connectivity index is 1.55. The van der Waals surface area contributed by atoms with Crippen LogP contribution in [0.2, 0.25) is 5.02 Å². The van der Waals surface area contributed by atoms with Crippen molar-refractivity contribution in [1.82, 2.24) is 14.7 Å². The van der Waals surface area contributed by atoms with Crippen LogP contribution in [0.15, 0.2) is 71.3 Å². The molecule has 1 aromatic heterocycles. The minimum atomic E-state index is -0.302. The average Bonchev–Trinajstić information content (AvgIpc) is 3.34. The van der Waals surface area contributed by atoms with Gasteiger partial charge in [-0.15, -0.1) is 0 Å². The van der Waals surface area contributed by atoms with Crippen LogP contribution in [0.3, 0.4) is 0 Å². The molecule has 34 heavy (non-hydrogen) atoms. The summed E-state index contributed by atoms with van der Waals surface area (Å²) in [6, 6.07) is 17.7. The van der Waals surface area contributed by atoms with Crippen LogP contribution in [0.25, 0.3) is 22.3 Å². The molecule has 3 aromatic carbocycles. The third-order valence-corrected chi connectivity index (χ3v) is 7.31. The molecule has 0 radical (unpaired) electrons. The number of carbonyl (C=O) groups excluding carboxylic acids is 1. The molecular weight excluding hydrogens is 517 g/mol. The Bertz CT molecular complexity index is 1410. The van der Waals surface area contributed by atoms with Gasteiger partial charge >= 0.3 is 0 Å². The lowest BCUT2D eigenvalue weighted by Crippen LogP contribution is -2.25. The van der Waals surface area contributed by atoms with Crippen LogP contribution in [0.5, 0.6) is 0 Å². The maximum Gasteiger partial charge on any atom is 0.151 e. The van der Waals surface area contributed by atoms with Crippen LogP contribution in [-0.2, 0) is 11.3 Å². The van der Waals surface area contributed by atoms with Gasteiger partial charge in [0.15, 0.2) is 5.94 Å². The van der Waals surface area contributed by atoms with Crippen LogP contribution in [0.4, 0.5) is 4.39 Å². The molecular formula is C27H22BrClFN3O. The molecule has 1 aliphatic rings. The number of hydrogen-bond acceptors (Lipinski definition) is 3. The van der Waals surface area contributed by atoms with Gasteiger partial charge in [0.25, 0.3) is 0 Å². The molecule has 0 bridgehead atoms. The second-order valence-corrected chi connectivity index (χ2v) is 10.1. The van der Waals surface area contributed by atoms with Crippen molar-refractivity contribution in [1.29, 1.82) is 0 Å². The molecule has 1 saturated carbocycles. The molecule has 1 heterocycles. The molecule has 4 nitrogen and oxygen atoms in total. The summed E-state index contributed by atoms with van der Waals surface area (Å²) in [7, 11) is 0. The van der Waals surface area contributed by atoms with E-state index in [4.69, 9.17) is 11.6 Å². The molecule has 5 rings (SSSR count). The van der Waals surface area contributed by atoms with E-state index < -0.39 is 0 Å². The Hall–Kier alpha value is -2.92. The van der Waals surface area contributed by atoms with Gasteiger partial charge in [-0.2, -0.15) is 5.10 Å². The zero-order valence-corrected chi connectivity index (χ0v) is 20.9. The van der Waals surface area contributed by atoms with Gasteiger partial charge in [0.05, 0.1) is 17.4 Å². The fraction of sp³-hybridized carbons (Fsp3) is 0.222. The molecule has 0 aliphatic heterocycles. The molecule has 4 aromatic rings. The Morgan fingerprint density at radius 3 is 2.68 bits per heavy atom. The van der Waals surface area contributed by atoms with Gasteiger partial charge < -0.3 is 4.90 Å². The fourth-order valence-corrected chi connectivity index (χ4v) is 5.10. The summed E-state index contributed by atoms with van der Waals surface area (Å²) < 4.78 is 16.1. The number of aromatic nitrogens is 2. The van der Waals surface area contributed by atoms with E-state index in [-0.39, 0.29) is 5.82 Å². The van der Waals surface area contributed by atoms with Gasteiger partial charge in [-0.3, -0.25) is 0 Å². The van der Waals surface area contributed by atoms with Gasteiger partial charge in [0.1, 0.15) is 11.5 Å². The van der Waals surface area contributed by atoms with Crippen molar-refractivity contribution >= 4 is 50.1 Å². The highest BCUT2D eigenvalue weighted by Gasteiger charge is 2.35. The number of rotatable bonds is 7. The standard InChI is InChI=1S/C27H22BrClFN3O/c1-17-11-19(17)15-32(14-18-5-6-20(28)12-25(18)29)27(16-34)23-3-2-4-26-24(23)13-31-33(26)22-9-7-21(30)8-10-22/h2-10,12-13,17,19H,11,14-15H2,1H3/t17-,19?/m1/s1. The van der Waals surface area contributed by atoms with E-state index in [0.29, 0.717) is 29.1 Å². The summed E-state index contributed by atoms with van der Waals surface area (Å²) in [6.45, 7) is 3.48. The Morgan fingerprint density at radius 2 is 2.00 bits per heavy atom. The summed E-state index contributed by atoms with van der Waals surface area (Å²) in [6.07, 6.45) is 2.89. The lowest BCUT2D eigenvalue weighted by atomic mass is 10.1. The predicted molar refractivity (Wildman–Crippen MR) is 137 cm³/mol. The van der Waals surface area contributed by atoms with Crippen molar-refractivity contribution < 1.29 is 9.18 Å². The fourth-order valence-electron chi connectivity index (χ4n) is 4.36. The second kappa shape index (κ2) is 9.38. The molecule has 1 aliphatic carbocycles. The van der Waals surface area contributed by atoms with Crippen molar-refractivity contribution in [2.45, 2.75) is 19.9 Å². The molecule has 172 valence electrons. The van der Waals surface area contributed by atoms with Crippen LogP contribution in [-0.4, -0.2) is 27.2 Å². The van der Waals surface area contributed by atoms with Crippen LogP contribution < -0.4 is 0 Å². The molecule has 1 unspecified atom stereocenters. The largest absolute Gasteiger partial charge is 0.357 e. The zero-order chi connectivity index (χ0) is 23.8. The van der Waals surface area contributed by atoms with E-state index in [1.165, 1.54) is 12.1 Å². The van der Waals surface area contributed by atoms with Crippen molar-refractivity contribution in [2.75, 3.05) is 6.54 Å². The van der Waals surface area contributed by atoms with Crippen molar-refractivity contribution in [2.24, 2.45) is 11.8 Å². The Morgan fingerprint density at radius 1 is 1.24 bits per heavy atom. The minimum Gasteiger partial charge on any atom is -0.357 e. The van der Waals surface area contributed by atoms with Crippen molar-refractivity contribution in [3.8, 4) is 5.69 Å². The second-order valence-electron chi connectivity index (χ2n) is 8.81.